The van der Waals surface area contributed by atoms with Crippen molar-refractivity contribution in [3.05, 3.63) is 76.4 Å². The van der Waals surface area contributed by atoms with Crippen molar-refractivity contribution in [1.82, 2.24) is 19.7 Å². The first kappa shape index (κ1) is 26.9. The standard InChI is InChI=1S/C29H32F3N5O3/c1-35-7-6-25(38)19(13-35)8-18-9-22-23(24(10-18)29(30,31)32)14-37(27(22)39)21-5-3-4-20(11-21)28(15-40-16-28)12-26-34-33-17-36(26)2/h3-5,9-11,17,19,25,38H,6-8,12-16H2,1-2H3/t19?,25-/m1/s1. The first-order valence-corrected chi connectivity index (χ1v) is 13.5. The quantitative estimate of drug-likeness (QED) is 0.503. The fraction of sp³-hybridized carbons (Fsp3) is 0.483. The number of aliphatic hydroxyl groups is 1. The van der Waals surface area contributed by atoms with Gasteiger partial charge in [0.1, 0.15) is 12.2 Å². The second kappa shape index (κ2) is 9.97. The van der Waals surface area contributed by atoms with E-state index in [1.54, 1.807) is 18.5 Å². The number of fused-ring (bicyclic) bond motifs is 1. The number of alkyl halides is 3. The van der Waals surface area contributed by atoms with Gasteiger partial charge in [-0.05, 0) is 60.8 Å². The third kappa shape index (κ3) is 4.80. The number of aryl methyl sites for hydroxylation is 1. The predicted molar refractivity (Wildman–Crippen MR) is 141 cm³/mol. The van der Waals surface area contributed by atoms with E-state index in [4.69, 9.17) is 4.74 Å². The van der Waals surface area contributed by atoms with Crippen molar-refractivity contribution < 1.29 is 27.8 Å². The maximum atomic E-state index is 14.3. The number of aliphatic hydroxyl groups excluding tert-OH is 1. The zero-order valence-corrected chi connectivity index (χ0v) is 22.5. The monoisotopic (exact) mass is 555 g/mol. The Balaban J connectivity index is 1.31. The van der Waals surface area contributed by atoms with E-state index in [1.165, 1.54) is 4.90 Å². The number of piperidine rings is 1. The van der Waals surface area contributed by atoms with Crippen molar-refractivity contribution >= 4 is 11.6 Å². The van der Waals surface area contributed by atoms with Crippen molar-refractivity contribution in [3.63, 3.8) is 0 Å². The average Bonchev–Trinajstić information content (AvgIpc) is 3.45. The number of benzene rings is 2. The second-order valence-electron chi connectivity index (χ2n) is 11.5. The van der Waals surface area contributed by atoms with Crippen LogP contribution in [0.1, 0.15) is 44.9 Å². The Bertz CT molecular complexity index is 1430. The lowest BCUT2D eigenvalue weighted by Crippen LogP contribution is -2.49. The number of rotatable bonds is 6. The molecule has 0 bridgehead atoms. The lowest BCUT2D eigenvalue weighted by molar-refractivity contribution is -0.138. The van der Waals surface area contributed by atoms with Crippen LogP contribution in [0.25, 0.3) is 0 Å². The van der Waals surface area contributed by atoms with Crippen molar-refractivity contribution in [2.45, 2.75) is 43.5 Å². The molecule has 1 unspecified atom stereocenters. The van der Waals surface area contributed by atoms with E-state index in [9.17, 15) is 23.1 Å². The molecule has 2 fully saturated rings. The van der Waals surface area contributed by atoms with E-state index in [-0.39, 0.29) is 35.4 Å². The van der Waals surface area contributed by atoms with Gasteiger partial charge in [-0.1, -0.05) is 12.1 Å². The van der Waals surface area contributed by atoms with E-state index in [0.29, 0.717) is 43.9 Å². The van der Waals surface area contributed by atoms with E-state index >= 15 is 0 Å². The number of halogens is 3. The number of anilines is 1. The number of likely N-dealkylation sites (tertiary alicyclic amines) is 1. The molecule has 0 spiro atoms. The summed E-state index contributed by atoms with van der Waals surface area (Å²) < 4.78 is 50.2. The highest BCUT2D eigenvalue weighted by molar-refractivity contribution is 6.10. The molecule has 2 saturated heterocycles. The number of carbonyl (C=O) groups is 1. The van der Waals surface area contributed by atoms with Gasteiger partial charge in [0.2, 0.25) is 0 Å². The number of aromatic nitrogens is 3. The summed E-state index contributed by atoms with van der Waals surface area (Å²) >= 11 is 0. The summed E-state index contributed by atoms with van der Waals surface area (Å²) in [7, 11) is 3.81. The smallest absolute Gasteiger partial charge is 0.393 e. The molecule has 0 saturated carbocycles. The fourth-order valence-corrected chi connectivity index (χ4v) is 6.25. The molecule has 11 heteroatoms. The average molecular weight is 556 g/mol. The highest BCUT2D eigenvalue weighted by atomic mass is 19.4. The van der Waals surface area contributed by atoms with Crippen LogP contribution in [0.4, 0.5) is 18.9 Å². The van der Waals surface area contributed by atoms with Gasteiger partial charge >= 0.3 is 6.18 Å². The molecular formula is C29H32F3N5O3. The van der Waals surface area contributed by atoms with E-state index < -0.39 is 23.8 Å². The zero-order chi connectivity index (χ0) is 28.2. The van der Waals surface area contributed by atoms with Crippen LogP contribution in [-0.2, 0) is 42.8 Å². The summed E-state index contributed by atoms with van der Waals surface area (Å²) in [6, 6.07) is 10.2. The number of amides is 1. The molecular weight excluding hydrogens is 523 g/mol. The van der Waals surface area contributed by atoms with Gasteiger partial charge in [-0.2, -0.15) is 13.2 Å². The first-order valence-electron chi connectivity index (χ1n) is 13.5. The number of ether oxygens (including phenoxy) is 1. The van der Waals surface area contributed by atoms with Gasteiger partial charge in [0, 0.05) is 49.1 Å². The van der Waals surface area contributed by atoms with Gasteiger partial charge in [0.25, 0.3) is 5.91 Å². The van der Waals surface area contributed by atoms with Crippen LogP contribution >= 0.6 is 0 Å². The molecule has 212 valence electrons. The number of hydrogen-bond acceptors (Lipinski definition) is 6. The molecule has 4 heterocycles. The molecule has 0 radical (unpaired) electrons. The third-order valence-corrected chi connectivity index (χ3v) is 8.63. The van der Waals surface area contributed by atoms with Crippen LogP contribution in [0, 0.1) is 5.92 Å². The molecule has 2 atom stereocenters. The zero-order valence-electron chi connectivity index (χ0n) is 22.5. The lowest BCUT2D eigenvalue weighted by Gasteiger charge is -2.42. The fourth-order valence-electron chi connectivity index (χ4n) is 6.25. The second-order valence-corrected chi connectivity index (χ2v) is 11.5. The van der Waals surface area contributed by atoms with Crippen LogP contribution < -0.4 is 4.90 Å². The number of hydrogen-bond donors (Lipinski definition) is 1. The topological polar surface area (TPSA) is 83.7 Å². The van der Waals surface area contributed by atoms with Gasteiger partial charge in [-0.3, -0.25) is 4.79 Å². The Labute approximate surface area is 230 Å². The van der Waals surface area contributed by atoms with Crippen molar-refractivity contribution in [1.29, 1.82) is 0 Å². The van der Waals surface area contributed by atoms with Crippen LogP contribution in [0.15, 0.2) is 42.7 Å². The van der Waals surface area contributed by atoms with Gasteiger partial charge in [-0.25, -0.2) is 0 Å². The minimum absolute atomic E-state index is 0.00580. The summed E-state index contributed by atoms with van der Waals surface area (Å²) in [5, 5.41) is 18.7. The van der Waals surface area contributed by atoms with Crippen molar-refractivity contribution in [2.24, 2.45) is 13.0 Å². The largest absolute Gasteiger partial charge is 0.416 e. The molecule has 2 aromatic carbocycles. The van der Waals surface area contributed by atoms with Gasteiger partial charge in [0.05, 0.1) is 31.4 Å². The normalized spacial score (nSPS) is 22.9. The van der Waals surface area contributed by atoms with E-state index in [0.717, 1.165) is 24.0 Å². The van der Waals surface area contributed by atoms with Crippen LogP contribution in [0.5, 0.6) is 0 Å². The molecule has 3 aromatic rings. The van der Waals surface area contributed by atoms with E-state index in [2.05, 4.69) is 15.1 Å². The molecule has 0 aliphatic carbocycles. The minimum atomic E-state index is -4.61. The Morgan fingerprint density at radius 2 is 1.98 bits per heavy atom. The van der Waals surface area contributed by atoms with Crippen LogP contribution in [-0.4, -0.2) is 70.1 Å². The van der Waals surface area contributed by atoms with Crippen LogP contribution in [0.2, 0.25) is 0 Å². The molecule has 6 rings (SSSR count). The van der Waals surface area contributed by atoms with E-state index in [1.807, 2.05) is 36.9 Å². The lowest BCUT2D eigenvalue weighted by atomic mass is 9.75. The molecule has 3 aliphatic heterocycles. The third-order valence-electron chi connectivity index (χ3n) is 8.63. The molecule has 1 amide bonds. The van der Waals surface area contributed by atoms with Gasteiger partial charge in [-0.15, -0.1) is 10.2 Å². The number of carbonyl (C=O) groups excluding carboxylic acids is 1. The van der Waals surface area contributed by atoms with Gasteiger partial charge < -0.3 is 24.2 Å². The summed E-state index contributed by atoms with van der Waals surface area (Å²) in [5.74, 6) is 0.153. The first-order chi connectivity index (χ1) is 19.0. The maximum Gasteiger partial charge on any atom is 0.416 e. The highest BCUT2D eigenvalue weighted by Crippen LogP contribution is 2.42. The Kier molecular flexibility index (Phi) is 6.71. The van der Waals surface area contributed by atoms with Crippen molar-refractivity contribution in [2.75, 3.05) is 38.3 Å². The maximum absolute atomic E-state index is 14.3. The summed E-state index contributed by atoms with van der Waals surface area (Å²) in [5.41, 5.74) is 0.839. The summed E-state index contributed by atoms with van der Waals surface area (Å²) in [6.45, 7) is 2.12. The summed E-state index contributed by atoms with van der Waals surface area (Å²) in [6.07, 6.45) is -2.12. The number of nitrogens with zero attached hydrogens (tertiary/aromatic N) is 5. The highest BCUT2D eigenvalue weighted by Gasteiger charge is 2.44. The van der Waals surface area contributed by atoms with Crippen molar-refractivity contribution in [3.8, 4) is 0 Å². The molecule has 1 N–H and O–H groups in total. The van der Waals surface area contributed by atoms with Crippen LogP contribution in [0.3, 0.4) is 0 Å². The predicted octanol–water partition coefficient (Wildman–Crippen LogP) is 3.36. The Morgan fingerprint density at radius 3 is 2.65 bits per heavy atom. The molecule has 40 heavy (non-hydrogen) atoms. The minimum Gasteiger partial charge on any atom is -0.393 e. The molecule has 8 nitrogen and oxygen atoms in total. The Hall–Kier alpha value is -3.28. The summed E-state index contributed by atoms with van der Waals surface area (Å²) in [4.78, 5) is 17.1. The Morgan fingerprint density at radius 1 is 1.18 bits per heavy atom. The molecule has 1 aromatic heterocycles. The molecule has 3 aliphatic rings. The SMILES string of the molecule is CN1CC[C@@H](O)C(Cc2cc3c(c(C(F)(F)F)c2)CN(c2cccc(C4(Cc5nncn5C)COC4)c2)C3=O)C1. The van der Waals surface area contributed by atoms with Gasteiger partial charge in [0.15, 0.2) is 0 Å².